The van der Waals surface area contributed by atoms with E-state index >= 15 is 0 Å². The molecule has 0 saturated carbocycles. The smallest absolute Gasteiger partial charge is 0.303 e. The van der Waals surface area contributed by atoms with Crippen LogP contribution in [0.2, 0.25) is 0 Å². The van der Waals surface area contributed by atoms with Gasteiger partial charge in [0.1, 0.15) is 6.61 Å². The first-order valence-electron chi connectivity index (χ1n) is 2.89. The molecule has 0 atom stereocenters. The van der Waals surface area contributed by atoms with E-state index in [1.165, 1.54) is 7.11 Å². The Morgan fingerprint density at radius 2 is 2.00 bits per heavy atom. The maximum atomic E-state index is 10.6. The van der Waals surface area contributed by atoms with Gasteiger partial charge < -0.3 is 9.84 Å². The van der Waals surface area contributed by atoms with E-state index in [1.807, 2.05) is 0 Å². The molecule has 10 heavy (non-hydrogen) atoms. The van der Waals surface area contributed by atoms with Gasteiger partial charge in [0.05, 0.1) is 6.42 Å². The Morgan fingerprint density at radius 3 is 2.40 bits per heavy atom. The van der Waals surface area contributed by atoms with Crippen LogP contribution in [0.15, 0.2) is 0 Å². The predicted octanol–water partition coefficient (Wildman–Crippen LogP) is 0.0667. The molecule has 58 valence electrons. The average Bonchev–Trinajstić information content (AvgIpc) is 1.85. The number of ketones is 1. The van der Waals surface area contributed by atoms with Gasteiger partial charge >= 0.3 is 5.97 Å². The van der Waals surface area contributed by atoms with Gasteiger partial charge in [-0.2, -0.15) is 0 Å². The summed E-state index contributed by atoms with van der Waals surface area (Å²) in [6, 6.07) is 0. The van der Waals surface area contributed by atoms with Crippen molar-refractivity contribution in [2.45, 2.75) is 12.8 Å². The van der Waals surface area contributed by atoms with Crippen molar-refractivity contribution in [3.63, 3.8) is 0 Å². The third-order valence-electron chi connectivity index (χ3n) is 0.923. The van der Waals surface area contributed by atoms with Gasteiger partial charge in [-0.05, 0) is 0 Å². The van der Waals surface area contributed by atoms with Crippen molar-refractivity contribution in [1.29, 1.82) is 0 Å². The van der Waals surface area contributed by atoms with Gasteiger partial charge in [0.15, 0.2) is 5.78 Å². The van der Waals surface area contributed by atoms with E-state index in [4.69, 9.17) is 5.11 Å². The van der Waals surface area contributed by atoms with Crippen molar-refractivity contribution in [3.05, 3.63) is 0 Å². The van der Waals surface area contributed by atoms with Crippen LogP contribution in [0.3, 0.4) is 0 Å². The van der Waals surface area contributed by atoms with Crippen molar-refractivity contribution in [2.75, 3.05) is 13.7 Å². The maximum Gasteiger partial charge on any atom is 0.303 e. The first kappa shape index (κ1) is 9.10. The number of hydrogen-bond acceptors (Lipinski definition) is 3. The lowest BCUT2D eigenvalue weighted by Gasteiger charge is -1.94. The zero-order chi connectivity index (χ0) is 7.98. The average molecular weight is 146 g/mol. The number of methoxy groups -OCH3 is 1. The Hall–Kier alpha value is -0.900. The third kappa shape index (κ3) is 5.24. The molecule has 0 aliphatic rings. The summed E-state index contributed by atoms with van der Waals surface area (Å²) >= 11 is 0. The topological polar surface area (TPSA) is 63.6 Å². The van der Waals surface area contributed by atoms with E-state index in [2.05, 4.69) is 4.74 Å². The molecule has 0 heterocycles. The molecule has 0 aliphatic carbocycles. The minimum absolute atomic E-state index is 0.00722. The van der Waals surface area contributed by atoms with E-state index in [0.29, 0.717) is 0 Å². The number of rotatable bonds is 5. The summed E-state index contributed by atoms with van der Waals surface area (Å²) in [7, 11) is 1.40. The number of carboxylic acid groups (broad SMARTS) is 1. The number of carbonyl (C=O) groups excluding carboxylic acids is 1. The molecule has 0 aromatic carbocycles. The van der Waals surface area contributed by atoms with Gasteiger partial charge in [-0.3, -0.25) is 9.59 Å². The fraction of sp³-hybridized carbons (Fsp3) is 0.667. The highest BCUT2D eigenvalue weighted by Gasteiger charge is 2.03. The molecule has 0 bridgehead atoms. The summed E-state index contributed by atoms with van der Waals surface area (Å²) in [5.41, 5.74) is 0. The minimum atomic E-state index is -0.954. The van der Waals surface area contributed by atoms with Gasteiger partial charge in [0.2, 0.25) is 0 Å². The van der Waals surface area contributed by atoms with Gasteiger partial charge in [-0.1, -0.05) is 0 Å². The number of carbonyl (C=O) groups is 2. The quantitative estimate of drug-likeness (QED) is 0.596. The monoisotopic (exact) mass is 146 g/mol. The van der Waals surface area contributed by atoms with Crippen molar-refractivity contribution in [3.8, 4) is 0 Å². The van der Waals surface area contributed by atoms with Crippen LogP contribution in [0.5, 0.6) is 0 Å². The van der Waals surface area contributed by atoms with Crippen molar-refractivity contribution < 1.29 is 19.4 Å². The van der Waals surface area contributed by atoms with Crippen molar-refractivity contribution in [1.82, 2.24) is 0 Å². The molecule has 0 aromatic heterocycles. The normalized spacial score (nSPS) is 9.30. The summed E-state index contributed by atoms with van der Waals surface area (Å²) < 4.78 is 4.49. The maximum absolute atomic E-state index is 10.6. The van der Waals surface area contributed by atoms with Gasteiger partial charge in [0.25, 0.3) is 0 Å². The lowest BCUT2D eigenvalue weighted by molar-refractivity contribution is -0.139. The lowest BCUT2D eigenvalue weighted by Crippen LogP contribution is -2.08. The van der Waals surface area contributed by atoms with Gasteiger partial charge in [-0.15, -0.1) is 0 Å². The van der Waals surface area contributed by atoms with Crippen LogP contribution >= 0.6 is 0 Å². The Bertz CT molecular complexity index is 130. The molecule has 0 unspecified atom stereocenters. The fourth-order valence-electron chi connectivity index (χ4n) is 0.480. The molecule has 0 fully saturated rings. The summed E-state index contributed by atoms with van der Waals surface area (Å²) in [6.07, 6.45) is -0.0502. The van der Waals surface area contributed by atoms with Gasteiger partial charge in [0, 0.05) is 13.5 Å². The van der Waals surface area contributed by atoms with Gasteiger partial charge in [-0.25, -0.2) is 0 Å². The zero-order valence-electron chi connectivity index (χ0n) is 5.79. The number of Topliss-reactive ketones (excluding diaryl/α,β-unsaturated/α-hetero) is 1. The standard InChI is InChI=1S/C6H10O4/c1-10-4-5(7)2-3-6(8)9/h2-4H2,1H3,(H,8,9). The number of ether oxygens (including phenoxy) is 1. The van der Waals surface area contributed by atoms with Crippen LogP contribution in [0, 0.1) is 0 Å². The van der Waals surface area contributed by atoms with E-state index in [1.54, 1.807) is 0 Å². The predicted molar refractivity (Wildman–Crippen MR) is 33.8 cm³/mol. The molecule has 0 radical (unpaired) electrons. The second-order valence-electron chi connectivity index (χ2n) is 1.87. The first-order chi connectivity index (χ1) is 4.66. The van der Waals surface area contributed by atoms with Crippen LogP contribution in [-0.2, 0) is 14.3 Å². The molecular weight excluding hydrogens is 136 g/mol. The van der Waals surface area contributed by atoms with Crippen molar-refractivity contribution in [2.24, 2.45) is 0 Å². The Labute approximate surface area is 58.8 Å². The summed E-state index contributed by atoms with van der Waals surface area (Å²) in [5.74, 6) is -1.13. The van der Waals surface area contributed by atoms with Crippen LogP contribution in [0.25, 0.3) is 0 Å². The largest absolute Gasteiger partial charge is 0.481 e. The summed E-state index contributed by atoms with van der Waals surface area (Å²) in [5, 5.41) is 8.14. The second-order valence-corrected chi connectivity index (χ2v) is 1.87. The van der Waals surface area contributed by atoms with Crippen LogP contribution < -0.4 is 0 Å². The molecule has 4 nitrogen and oxygen atoms in total. The molecule has 1 N–H and O–H groups in total. The Kier molecular flexibility index (Phi) is 4.49. The number of carboxylic acids is 1. The van der Waals surface area contributed by atoms with E-state index in [9.17, 15) is 9.59 Å². The Morgan fingerprint density at radius 1 is 1.40 bits per heavy atom. The molecule has 0 rings (SSSR count). The SMILES string of the molecule is COCC(=O)CCC(=O)O. The van der Waals surface area contributed by atoms with E-state index in [-0.39, 0.29) is 25.2 Å². The van der Waals surface area contributed by atoms with E-state index in [0.717, 1.165) is 0 Å². The highest BCUT2D eigenvalue weighted by atomic mass is 16.5. The van der Waals surface area contributed by atoms with Crippen LogP contribution in [0.1, 0.15) is 12.8 Å². The highest BCUT2D eigenvalue weighted by Crippen LogP contribution is 1.90. The molecule has 0 saturated heterocycles. The Balaban J connectivity index is 3.30. The summed E-state index contributed by atoms with van der Waals surface area (Å²) in [6.45, 7) is 0.00722. The van der Waals surface area contributed by atoms with Crippen LogP contribution in [-0.4, -0.2) is 30.6 Å². The number of aliphatic carboxylic acids is 1. The molecular formula is C6H10O4. The lowest BCUT2D eigenvalue weighted by atomic mass is 10.2. The van der Waals surface area contributed by atoms with Crippen LogP contribution in [0.4, 0.5) is 0 Å². The molecule has 0 aromatic rings. The highest BCUT2D eigenvalue weighted by molar-refractivity contribution is 5.83. The van der Waals surface area contributed by atoms with Crippen molar-refractivity contribution >= 4 is 11.8 Å². The van der Waals surface area contributed by atoms with E-state index < -0.39 is 5.97 Å². The molecule has 0 aliphatic heterocycles. The number of hydrogen-bond donors (Lipinski definition) is 1. The molecule has 4 heteroatoms. The minimum Gasteiger partial charge on any atom is -0.481 e. The second kappa shape index (κ2) is 4.93. The zero-order valence-corrected chi connectivity index (χ0v) is 5.79. The fourth-order valence-corrected chi connectivity index (χ4v) is 0.480. The molecule has 0 spiro atoms. The summed E-state index contributed by atoms with van der Waals surface area (Å²) in [4.78, 5) is 20.5. The molecule has 0 amide bonds. The third-order valence-corrected chi connectivity index (χ3v) is 0.923. The first-order valence-corrected chi connectivity index (χ1v) is 2.89.